The van der Waals surface area contributed by atoms with Gasteiger partial charge in [0.15, 0.2) is 0 Å². The summed E-state index contributed by atoms with van der Waals surface area (Å²) >= 11 is 0. The number of carbonyl (C=O) groups excluding carboxylic acids is 2. The van der Waals surface area contributed by atoms with Crippen molar-refractivity contribution < 1.29 is 14.0 Å². The van der Waals surface area contributed by atoms with E-state index >= 15 is 0 Å². The number of fused-ring (bicyclic) bond motifs is 3. The van der Waals surface area contributed by atoms with Crippen molar-refractivity contribution >= 4 is 17.5 Å². The summed E-state index contributed by atoms with van der Waals surface area (Å²) < 4.78 is 13.7. The minimum Gasteiger partial charge on any atom is -0.325 e. The lowest BCUT2D eigenvalue weighted by atomic mass is 9.57. The van der Waals surface area contributed by atoms with Gasteiger partial charge in [-0.2, -0.15) is 5.26 Å². The number of amides is 2. The molecule has 2 bridgehead atoms. The van der Waals surface area contributed by atoms with E-state index in [9.17, 15) is 19.2 Å². The standard InChI is InChI=1S/C27H36FN5O2/c28-20-15-21(16-29)33(18-20)24(34)17-31-27-10-7-26(8-11-27,9-12-27)25(35)32-23-4-2-1-3-22(23)19-5-13-30-14-6-19/h1-4,19-21,30-31H,5-15,17-18H2,(H,32,35)/t20-,21-,26?,27?/m0/s1. The van der Waals surface area contributed by atoms with Crippen molar-refractivity contribution in [2.24, 2.45) is 5.41 Å². The first kappa shape index (κ1) is 24.2. The van der Waals surface area contributed by atoms with Crippen molar-refractivity contribution in [3.05, 3.63) is 29.8 Å². The molecule has 3 N–H and O–H groups in total. The molecule has 7 nitrogen and oxygen atoms in total. The monoisotopic (exact) mass is 481 g/mol. The molecule has 0 aromatic heterocycles. The molecule has 2 saturated heterocycles. The first-order valence-electron chi connectivity index (χ1n) is 13.1. The second-order valence-electron chi connectivity index (χ2n) is 11.0. The Bertz CT molecular complexity index is 977. The first-order valence-corrected chi connectivity index (χ1v) is 13.1. The van der Waals surface area contributed by atoms with Crippen LogP contribution < -0.4 is 16.0 Å². The molecule has 2 aliphatic heterocycles. The molecule has 188 valence electrons. The fourth-order valence-electron chi connectivity index (χ4n) is 6.69. The third-order valence-electron chi connectivity index (χ3n) is 9.05. The van der Waals surface area contributed by atoms with Crippen LogP contribution in [0.3, 0.4) is 0 Å². The smallest absolute Gasteiger partial charge is 0.237 e. The highest BCUT2D eigenvalue weighted by molar-refractivity contribution is 5.96. The summed E-state index contributed by atoms with van der Waals surface area (Å²) in [6.45, 7) is 2.15. The van der Waals surface area contributed by atoms with Gasteiger partial charge in [0.1, 0.15) is 12.2 Å². The van der Waals surface area contributed by atoms with Gasteiger partial charge in [0.2, 0.25) is 11.8 Å². The van der Waals surface area contributed by atoms with Crippen LogP contribution in [0.1, 0.15) is 69.3 Å². The van der Waals surface area contributed by atoms with Crippen molar-refractivity contribution in [3.63, 3.8) is 0 Å². The SMILES string of the molecule is N#C[C@@H]1C[C@H](F)CN1C(=O)CNC12CCC(C(=O)Nc3ccccc3C3CCNCC3)(CC1)CC2. The lowest BCUT2D eigenvalue weighted by Crippen LogP contribution is -2.59. The van der Waals surface area contributed by atoms with Crippen molar-refractivity contribution in [1.82, 2.24) is 15.5 Å². The number of benzene rings is 1. The molecule has 5 aliphatic rings. The Hall–Kier alpha value is -2.50. The number of piperidine rings is 1. The zero-order valence-electron chi connectivity index (χ0n) is 20.3. The molecule has 2 amide bonds. The minimum atomic E-state index is -1.12. The van der Waals surface area contributed by atoms with Gasteiger partial charge >= 0.3 is 0 Å². The zero-order valence-corrected chi connectivity index (χ0v) is 20.3. The van der Waals surface area contributed by atoms with Crippen LogP contribution in [0.4, 0.5) is 10.1 Å². The maximum Gasteiger partial charge on any atom is 0.237 e. The van der Waals surface area contributed by atoms with E-state index in [2.05, 4.69) is 28.1 Å². The molecule has 0 unspecified atom stereocenters. The van der Waals surface area contributed by atoms with E-state index in [1.54, 1.807) is 0 Å². The predicted molar refractivity (Wildman–Crippen MR) is 131 cm³/mol. The molecule has 8 heteroatoms. The maximum absolute atomic E-state index is 13.7. The molecule has 3 saturated carbocycles. The molecule has 6 rings (SSSR count). The van der Waals surface area contributed by atoms with Crippen molar-refractivity contribution in [2.45, 2.75) is 81.5 Å². The number of hydrogen-bond donors (Lipinski definition) is 3. The summed E-state index contributed by atoms with van der Waals surface area (Å²) in [7, 11) is 0. The Kier molecular flexibility index (Phi) is 6.82. The molecule has 1 aromatic carbocycles. The summed E-state index contributed by atoms with van der Waals surface area (Å²) in [5.74, 6) is 0.396. The van der Waals surface area contributed by atoms with Crippen LogP contribution in [-0.4, -0.2) is 60.6 Å². The Morgan fingerprint density at radius 3 is 2.49 bits per heavy atom. The largest absolute Gasteiger partial charge is 0.325 e. The molecule has 1 aromatic rings. The predicted octanol–water partition coefficient (Wildman–Crippen LogP) is 3.24. The molecule has 35 heavy (non-hydrogen) atoms. The summed E-state index contributed by atoms with van der Waals surface area (Å²) in [6, 6.07) is 9.61. The van der Waals surface area contributed by atoms with Gasteiger partial charge in [-0.15, -0.1) is 0 Å². The number of carbonyl (C=O) groups is 2. The van der Waals surface area contributed by atoms with E-state index in [1.165, 1.54) is 10.5 Å². The zero-order chi connectivity index (χ0) is 24.5. The van der Waals surface area contributed by atoms with Gasteiger partial charge in [-0.1, -0.05) is 18.2 Å². The van der Waals surface area contributed by atoms with Crippen molar-refractivity contribution in [1.29, 1.82) is 5.26 Å². The third-order valence-corrected chi connectivity index (χ3v) is 9.05. The molecule has 5 fully saturated rings. The summed E-state index contributed by atoms with van der Waals surface area (Å²) in [5, 5.41) is 19.4. The minimum absolute atomic E-state index is 0.00780. The Labute approximate surface area is 206 Å². The topological polar surface area (TPSA) is 97.3 Å². The van der Waals surface area contributed by atoms with Crippen LogP contribution in [0.5, 0.6) is 0 Å². The van der Waals surface area contributed by atoms with Crippen LogP contribution in [0.15, 0.2) is 24.3 Å². The summed E-state index contributed by atoms with van der Waals surface area (Å²) in [5.41, 5.74) is 1.69. The highest BCUT2D eigenvalue weighted by Gasteiger charge is 2.52. The van der Waals surface area contributed by atoms with Crippen LogP contribution in [0.2, 0.25) is 0 Å². The number of nitrogens with one attached hydrogen (secondary N) is 3. The molecule has 3 aliphatic carbocycles. The number of rotatable bonds is 6. The van der Waals surface area contributed by atoms with Gasteiger partial charge in [0.05, 0.1) is 19.2 Å². The Morgan fingerprint density at radius 2 is 1.80 bits per heavy atom. The fraction of sp³-hybridized carbons (Fsp3) is 0.667. The summed E-state index contributed by atoms with van der Waals surface area (Å²) in [6.07, 6.45) is 6.08. The van der Waals surface area contributed by atoms with E-state index < -0.39 is 12.2 Å². The van der Waals surface area contributed by atoms with Gasteiger partial charge in [-0.05, 0) is 82.0 Å². The number of nitriles is 1. The average molecular weight is 482 g/mol. The molecular formula is C27H36FN5O2. The first-order chi connectivity index (χ1) is 16.9. The second-order valence-corrected chi connectivity index (χ2v) is 11.0. The molecule has 2 heterocycles. The Morgan fingerprint density at radius 1 is 1.11 bits per heavy atom. The van der Waals surface area contributed by atoms with Crippen LogP contribution >= 0.6 is 0 Å². The molecular weight excluding hydrogens is 445 g/mol. The van der Waals surface area contributed by atoms with E-state index in [4.69, 9.17) is 0 Å². The maximum atomic E-state index is 13.7. The van der Waals surface area contributed by atoms with Crippen molar-refractivity contribution in [3.8, 4) is 6.07 Å². The van der Waals surface area contributed by atoms with Crippen molar-refractivity contribution in [2.75, 3.05) is 31.5 Å². The molecule has 0 radical (unpaired) electrons. The highest BCUT2D eigenvalue weighted by atomic mass is 19.1. The number of hydrogen-bond acceptors (Lipinski definition) is 5. The molecule has 2 atom stereocenters. The van der Waals surface area contributed by atoms with E-state index in [0.717, 1.165) is 70.1 Å². The number of para-hydroxylation sites is 1. The van der Waals surface area contributed by atoms with Crippen LogP contribution in [0.25, 0.3) is 0 Å². The number of likely N-dealkylation sites (tertiary alicyclic amines) is 1. The summed E-state index contributed by atoms with van der Waals surface area (Å²) in [4.78, 5) is 27.6. The fourth-order valence-corrected chi connectivity index (χ4v) is 6.69. The number of anilines is 1. The quantitative estimate of drug-likeness (QED) is 0.580. The normalized spacial score (nSPS) is 32.9. The lowest BCUT2D eigenvalue weighted by molar-refractivity contribution is -0.135. The van der Waals surface area contributed by atoms with Gasteiger partial charge in [-0.3, -0.25) is 9.59 Å². The van der Waals surface area contributed by atoms with Gasteiger partial charge in [-0.25, -0.2) is 4.39 Å². The van der Waals surface area contributed by atoms with Gasteiger partial charge in [0.25, 0.3) is 0 Å². The van der Waals surface area contributed by atoms with E-state index in [-0.39, 0.29) is 42.3 Å². The number of halogens is 1. The van der Waals surface area contributed by atoms with E-state index in [0.29, 0.717) is 5.92 Å². The highest BCUT2D eigenvalue weighted by Crippen LogP contribution is 2.53. The second kappa shape index (κ2) is 9.87. The number of nitrogens with zero attached hydrogens (tertiary/aromatic N) is 2. The van der Waals surface area contributed by atoms with Crippen LogP contribution in [0, 0.1) is 16.7 Å². The van der Waals surface area contributed by atoms with E-state index in [1.807, 2.05) is 18.2 Å². The van der Waals surface area contributed by atoms with Crippen LogP contribution in [-0.2, 0) is 9.59 Å². The van der Waals surface area contributed by atoms with Gasteiger partial charge in [0, 0.05) is 23.1 Å². The molecule has 0 spiro atoms. The lowest BCUT2D eigenvalue weighted by Gasteiger charge is -2.53. The third kappa shape index (κ3) is 4.81. The number of alkyl halides is 1. The van der Waals surface area contributed by atoms with Gasteiger partial charge < -0.3 is 20.9 Å². The average Bonchev–Trinajstić information content (AvgIpc) is 3.30. The Balaban J connectivity index is 1.18.